The van der Waals surface area contributed by atoms with E-state index in [-0.39, 0.29) is 0 Å². The minimum Gasteiger partial charge on any atom is -0.368 e. The van der Waals surface area contributed by atoms with E-state index in [0.717, 1.165) is 24.0 Å². The van der Waals surface area contributed by atoms with Crippen molar-refractivity contribution >= 4 is 38.9 Å². The summed E-state index contributed by atoms with van der Waals surface area (Å²) in [7, 11) is -0.655. The molecule has 1 aromatic carbocycles. The summed E-state index contributed by atoms with van der Waals surface area (Å²) in [6.07, 6.45) is 4.47. The fraction of sp³-hybridized carbons (Fsp3) is 0.571. The molecular weight excluding hydrogens is 364 g/mol. The smallest absolute Gasteiger partial charge is 0.129 e. The van der Waals surface area contributed by atoms with Crippen LogP contribution in [0.15, 0.2) is 24.4 Å². The van der Waals surface area contributed by atoms with Gasteiger partial charge < -0.3 is 4.90 Å². The number of fused-ring (bicyclic) bond motifs is 1. The van der Waals surface area contributed by atoms with Crippen molar-refractivity contribution in [3.63, 3.8) is 0 Å². The van der Waals surface area contributed by atoms with Gasteiger partial charge in [0.2, 0.25) is 0 Å². The maximum Gasteiger partial charge on any atom is 0.129 e. The molecule has 2 fully saturated rings. The van der Waals surface area contributed by atoms with E-state index < -0.39 is 10.8 Å². The molecule has 2 heterocycles. The molecule has 4 rings (SSSR count). The summed E-state index contributed by atoms with van der Waals surface area (Å²) >= 11 is 6.17. The zero-order valence-corrected chi connectivity index (χ0v) is 17.3. The number of nitrogens with zero attached hydrogens (tertiary/aromatic N) is 2. The van der Waals surface area contributed by atoms with Gasteiger partial charge in [-0.25, -0.2) is 4.98 Å². The molecule has 1 aliphatic heterocycles. The van der Waals surface area contributed by atoms with Crippen molar-refractivity contribution in [2.24, 2.45) is 11.8 Å². The number of rotatable bonds is 6. The Kier molecular flexibility index (Phi) is 5.00. The van der Waals surface area contributed by atoms with E-state index in [2.05, 4.69) is 42.8 Å². The van der Waals surface area contributed by atoms with E-state index >= 15 is 0 Å². The number of benzene rings is 1. The predicted molar refractivity (Wildman–Crippen MR) is 112 cm³/mol. The standard InChI is InChI=1S/C21H27ClN2OS/c1-13(2)17-6-7-20(19-9-23-21(22)8-18(17)19)24-10-16(14(24)3)12-26(25)11-15-4-5-15/h6-9,13-16H,4-5,10-12H2,1-3H3/t14-,16-,26+/m1/s1. The van der Waals surface area contributed by atoms with Crippen molar-refractivity contribution in [2.45, 2.75) is 45.6 Å². The average Bonchev–Trinajstić information content (AvgIpc) is 3.40. The summed E-state index contributed by atoms with van der Waals surface area (Å²) in [4.78, 5) is 6.76. The number of aromatic nitrogens is 1. The summed E-state index contributed by atoms with van der Waals surface area (Å²) in [6.45, 7) is 7.66. The van der Waals surface area contributed by atoms with Gasteiger partial charge in [0.15, 0.2) is 0 Å². The summed E-state index contributed by atoms with van der Waals surface area (Å²) in [5.74, 6) is 3.47. The van der Waals surface area contributed by atoms with Gasteiger partial charge in [-0.1, -0.05) is 31.5 Å². The molecule has 140 valence electrons. The average molecular weight is 391 g/mol. The molecular formula is C21H27ClN2OS. The van der Waals surface area contributed by atoms with Gasteiger partial charge in [-0.15, -0.1) is 0 Å². The first-order valence-electron chi connectivity index (χ1n) is 9.63. The molecule has 1 aromatic heterocycles. The molecule has 0 spiro atoms. The highest BCUT2D eigenvalue weighted by Gasteiger charge is 2.38. The predicted octanol–water partition coefficient (Wildman–Crippen LogP) is 5.00. The van der Waals surface area contributed by atoms with E-state index in [9.17, 15) is 4.21 Å². The van der Waals surface area contributed by atoms with Gasteiger partial charge in [0, 0.05) is 58.1 Å². The SMILES string of the molecule is CC(C)c1ccc(N2C[C@H](C[S@@](=O)CC3CC3)[C@H]2C)c2cnc(Cl)cc12. The summed E-state index contributed by atoms with van der Waals surface area (Å²) in [5.41, 5.74) is 2.54. The van der Waals surface area contributed by atoms with Crippen molar-refractivity contribution < 1.29 is 4.21 Å². The maximum atomic E-state index is 12.3. The van der Waals surface area contributed by atoms with Gasteiger partial charge in [-0.05, 0) is 54.7 Å². The van der Waals surface area contributed by atoms with Crippen LogP contribution in [0.3, 0.4) is 0 Å². The van der Waals surface area contributed by atoms with E-state index in [4.69, 9.17) is 11.6 Å². The second-order valence-electron chi connectivity index (χ2n) is 8.25. The van der Waals surface area contributed by atoms with E-state index in [1.165, 1.54) is 34.9 Å². The van der Waals surface area contributed by atoms with Crippen LogP contribution < -0.4 is 4.90 Å². The first kappa shape index (κ1) is 18.2. The highest BCUT2D eigenvalue weighted by atomic mass is 35.5. The highest BCUT2D eigenvalue weighted by Crippen LogP contribution is 2.39. The van der Waals surface area contributed by atoms with Crippen LogP contribution in [-0.4, -0.2) is 33.3 Å². The molecule has 0 bridgehead atoms. The van der Waals surface area contributed by atoms with Crippen molar-refractivity contribution in [1.29, 1.82) is 0 Å². The van der Waals surface area contributed by atoms with Crippen LogP contribution in [0.4, 0.5) is 5.69 Å². The normalized spacial score (nSPS) is 24.1. The minimum absolute atomic E-state index is 0.418. The van der Waals surface area contributed by atoms with Crippen LogP contribution in [0.1, 0.15) is 45.1 Å². The third-order valence-electron chi connectivity index (χ3n) is 5.93. The zero-order valence-electron chi connectivity index (χ0n) is 15.7. The van der Waals surface area contributed by atoms with Crippen molar-refractivity contribution in [1.82, 2.24) is 4.98 Å². The topological polar surface area (TPSA) is 33.2 Å². The second-order valence-corrected chi connectivity index (χ2v) is 10.2. The first-order chi connectivity index (χ1) is 12.4. The Balaban J connectivity index is 1.56. The lowest BCUT2D eigenvalue weighted by Gasteiger charge is -2.48. The molecule has 5 heteroatoms. The third kappa shape index (κ3) is 3.50. The lowest BCUT2D eigenvalue weighted by Crippen LogP contribution is -2.56. The van der Waals surface area contributed by atoms with Crippen molar-refractivity contribution in [2.75, 3.05) is 23.0 Å². The molecule has 0 N–H and O–H groups in total. The fourth-order valence-electron chi connectivity index (χ4n) is 4.03. The molecule has 2 aliphatic rings. The van der Waals surface area contributed by atoms with Crippen LogP contribution >= 0.6 is 11.6 Å². The Hall–Kier alpha value is -1.13. The van der Waals surface area contributed by atoms with Gasteiger partial charge in [0.25, 0.3) is 0 Å². The second kappa shape index (κ2) is 7.12. The molecule has 3 atom stereocenters. The third-order valence-corrected chi connectivity index (χ3v) is 7.78. The quantitative estimate of drug-likeness (QED) is 0.651. The van der Waals surface area contributed by atoms with Crippen LogP contribution in [0, 0.1) is 11.8 Å². The number of halogens is 1. The van der Waals surface area contributed by atoms with E-state index in [1.807, 2.05) is 12.3 Å². The fourth-order valence-corrected chi connectivity index (χ4v) is 6.04. The molecule has 0 amide bonds. The maximum absolute atomic E-state index is 12.3. The number of pyridine rings is 1. The number of hydrogen-bond acceptors (Lipinski definition) is 3. The summed E-state index contributed by atoms with van der Waals surface area (Å²) in [6, 6.07) is 6.86. The zero-order chi connectivity index (χ0) is 18.4. The highest BCUT2D eigenvalue weighted by molar-refractivity contribution is 7.85. The molecule has 26 heavy (non-hydrogen) atoms. The summed E-state index contributed by atoms with van der Waals surface area (Å²) < 4.78 is 12.3. The Bertz CT molecular complexity index is 849. The summed E-state index contributed by atoms with van der Waals surface area (Å²) in [5, 5.41) is 2.91. The Morgan fingerprint density at radius 1 is 1.27 bits per heavy atom. The van der Waals surface area contributed by atoms with Crippen molar-refractivity contribution in [3.05, 3.63) is 35.1 Å². The number of hydrogen-bond donors (Lipinski definition) is 0. The Labute approximate surface area is 163 Å². The minimum atomic E-state index is -0.655. The first-order valence-corrected chi connectivity index (χ1v) is 11.5. The monoisotopic (exact) mass is 390 g/mol. The van der Waals surface area contributed by atoms with Gasteiger partial charge in [-0.2, -0.15) is 0 Å². The van der Waals surface area contributed by atoms with Crippen molar-refractivity contribution in [3.8, 4) is 0 Å². The molecule has 2 aromatic rings. The molecule has 1 saturated carbocycles. The van der Waals surface area contributed by atoms with Crippen LogP contribution in [0.25, 0.3) is 10.8 Å². The molecule has 0 radical (unpaired) electrons. The van der Waals surface area contributed by atoms with E-state index in [1.54, 1.807) is 0 Å². The van der Waals surface area contributed by atoms with Crippen LogP contribution in [-0.2, 0) is 10.8 Å². The molecule has 1 aliphatic carbocycles. The van der Waals surface area contributed by atoms with Gasteiger partial charge in [0.05, 0.1) is 0 Å². The largest absolute Gasteiger partial charge is 0.368 e. The lowest BCUT2D eigenvalue weighted by atomic mass is 9.89. The van der Waals surface area contributed by atoms with E-state index in [0.29, 0.717) is 23.0 Å². The lowest BCUT2D eigenvalue weighted by molar-refractivity contribution is 0.344. The molecule has 0 unspecified atom stereocenters. The molecule has 1 saturated heterocycles. The molecule has 3 nitrogen and oxygen atoms in total. The van der Waals surface area contributed by atoms with Gasteiger partial charge in [-0.3, -0.25) is 4.21 Å². The van der Waals surface area contributed by atoms with Gasteiger partial charge >= 0.3 is 0 Å². The van der Waals surface area contributed by atoms with Gasteiger partial charge in [0.1, 0.15) is 5.15 Å². The van der Waals surface area contributed by atoms with Crippen LogP contribution in [0.5, 0.6) is 0 Å². The Morgan fingerprint density at radius 2 is 2.04 bits per heavy atom. The van der Waals surface area contributed by atoms with Crippen LogP contribution in [0.2, 0.25) is 5.15 Å². The number of anilines is 1. The Morgan fingerprint density at radius 3 is 2.69 bits per heavy atom.